The number of carbonyl (C=O) groups excluding carboxylic acids is 2. The zero-order valence-corrected chi connectivity index (χ0v) is 15.8. The first kappa shape index (κ1) is 19.3. The van der Waals surface area contributed by atoms with E-state index in [4.69, 9.17) is 19.7 Å². The third-order valence-corrected chi connectivity index (χ3v) is 5.98. The van der Waals surface area contributed by atoms with Gasteiger partial charge in [0, 0.05) is 0 Å². The number of esters is 2. The molecular formula is C16H19N3O5Se. The molecule has 1 aromatic rings. The number of rotatable bonds is 5. The first-order chi connectivity index (χ1) is 11.9. The molecule has 1 saturated heterocycles. The van der Waals surface area contributed by atoms with E-state index in [9.17, 15) is 9.59 Å². The van der Waals surface area contributed by atoms with Crippen molar-refractivity contribution in [2.45, 2.75) is 50.1 Å². The van der Waals surface area contributed by atoms with Crippen LogP contribution in [0.5, 0.6) is 0 Å². The summed E-state index contributed by atoms with van der Waals surface area (Å²) >= 11 is -0.187. The van der Waals surface area contributed by atoms with E-state index in [2.05, 4.69) is 10.0 Å². The Hall–Kier alpha value is -2.05. The van der Waals surface area contributed by atoms with E-state index in [-0.39, 0.29) is 15.0 Å². The second-order valence-electron chi connectivity index (χ2n) is 5.48. The molecule has 1 fully saturated rings. The summed E-state index contributed by atoms with van der Waals surface area (Å²) in [5.41, 5.74) is 8.95. The van der Waals surface area contributed by atoms with E-state index >= 15 is 0 Å². The Kier molecular flexibility index (Phi) is 6.84. The average molecular weight is 412 g/mol. The van der Waals surface area contributed by atoms with Gasteiger partial charge in [0.1, 0.15) is 0 Å². The molecule has 0 aliphatic carbocycles. The number of azide groups is 1. The molecule has 1 aromatic carbocycles. The molecule has 0 saturated carbocycles. The summed E-state index contributed by atoms with van der Waals surface area (Å²) in [5, 5.41) is 3.34. The van der Waals surface area contributed by atoms with Crippen LogP contribution < -0.4 is 4.46 Å². The van der Waals surface area contributed by atoms with Crippen LogP contribution in [0.25, 0.3) is 10.4 Å². The van der Waals surface area contributed by atoms with Gasteiger partial charge in [0.05, 0.1) is 0 Å². The van der Waals surface area contributed by atoms with Gasteiger partial charge < -0.3 is 0 Å². The molecule has 8 nitrogen and oxygen atoms in total. The summed E-state index contributed by atoms with van der Waals surface area (Å²) in [6.45, 7) is 4.26. The minimum atomic E-state index is -0.892. The van der Waals surface area contributed by atoms with Crippen LogP contribution in [0.2, 0.25) is 0 Å². The molecule has 9 heteroatoms. The van der Waals surface area contributed by atoms with Crippen LogP contribution in [0.4, 0.5) is 0 Å². The molecule has 1 aliphatic rings. The van der Waals surface area contributed by atoms with Gasteiger partial charge in [-0.25, -0.2) is 0 Å². The fourth-order valence-corrected chi connectivity index (χ4v) is 5.02. The molecule has 0 spiro atoms. The average Bonchev–Trinajstić information content (AvgIpc) is 2.55. The number of nitrogens with zero attached hydrogens (tertiary/aromatic N) is 3. The van der Waals surface area contributed by atoms with Crippen molar-refractivity contribution in [2.24, 2.45) is 5.11 Å². The summed E-state index contributed by atoms with van der Waals surface area (Å²) in [4.78, 5) is 25.8. The standard InChI is InChI=1S/C16H19N3O5Se/c1-9-14(23-10(2)20)15(24-11(3)21)13(18-19-17)16(22-9)25-12-7-5-4-6-8-12/h4-9,13-16H,1-3H3/t9-,13-,14-,15-,16-/m0/s1. The van der Waals surface area contributed by atoms with Crippen molar-refractivity contribution in [1.82, 2.24) is 0 Å². The molecule has 0 radical (unpaired) electrons. The topological polar surface area (TPSA) is 111 Å². The summed E-state index contributed by atoms with van der Waals surface area (Å²) < 4.78 is 17.7. The Morgan fingerprint density at radius 1 is 1.16 bits per heavy atom. The summed E-state index contributed by atoms with van der Waals surface area (Å²) in [6.07, 6.45) is -2.23. The molecule has 1 heterocycles. The molecular weight excluding hydrogens is 393 g/mol. The molecule has 0 unspecified atom stereocenters. The van der Waals surface area contributed by atoms with Crippen molar-refractivity contribution in [2.75, 3.05) is 0 Å². The van der Waals surface area contributed by atoms with Crippen molar-refractivity contribution >= 4 is 31.4 Å². The van der Waals surface area contributed by atoms with Crippen molar-refractivity contribution < 1.29 is 23.8 Å². The molecule has 25 heavy (non-hydrogen) atoms. The van der Waals surface area contributed by atoms with Gasteiger partial charge in [-0.15, -0.1) is 0 Å². The van der Waals surface area contributed by atoms with Crippen molar-refractivity contribution in [3.05, 3.63) is 40.8 Å². The number of ether oxygens (including phenoxy) is 3. The van der Waals surface area contributed by atoms with Gasteiger partial charge in [0.25, 0.3) is 0 Å². The third kappa shape index (κ3) is 5.21. The van der Waals surface area contributed by atoms with E-state index in [0.717, 1.165) is 4.46 Å². The van der Waals surface area contributed by atoms with Crippen LogP contribution in [0.3, 0.4) is 0 Å². The number of benzene rings is 1. The van der Waals surface area contributed by atoms with Crippen LogP contribution in [0.1, 0.15) is 20.8 Å². The number of hydrogen-bond acceptors (Lipinski definition) is 6. The van der Waals surface area contributed by atoms with Crippen LogP contribution in [0, 0.1) is 0 Å². The molecule has 1 aliphatic heterocycles. The Morgan fingerprint density at radius 3 is 2.32 bits per heavy atom. The molecule has 134 valence electrons. The van der Waals surface area contributed by atoms with Gasteiger partial charge in [-0.05, 0) is 0 Å². The SMILES string of the molecule is CC(=O)O[C@@H]1[C@@H](OC(C)=O)[C@H](N=[N+]=[N-])[C@H]([Se]c2ccccc2)O[C@H]1C. The van der Waals surface area contributed by atoms with Crippen LogP contribution in [-0.4, -0.2) is 56.3 Å². The van der Waals surface area contributed by atoms with Crippen LogP contribution >= 0.6 is 0 Å². The van der Waals surface area contributed by atoms with E-state index in [1.54, 1.807) is 6.92 Å². The first-order valence-electron chi connectivity index (χ1n) is 7.68. The zero-order chi connectivity index (χ0) is 18.4. The monoisotopic (exact) mass is 413 g/mol. The first-order valence-corrected chi connectivity index (χ1v) is 9.52. The molecule has 0 N–H and O–H groups in total. The maximum absolute atomic E-state index is 11.5. The zero-order valence-electron chi connectivity index (χ0n) is 14.1. The normalized spacial score (nSPS) is 28.5. The maximum atomic E-state index is 11.5. The molecule has 0 bridgehead atoms. The van der Waals surface area contributed by atoms with Crippen molar-refractivity contribution in [3.63, 3.8) is 0 Å². The summed E-state index contributed by atoms with van der Waals surface area (Å²) in [5.74, 6) is -1.07. The third-order valence-electron chi connectivity index (χ3n) is 3.54. The fraction of sp³-hybridized carbons (Fsp3) is 0.500. The number of hydrogen-bond donors (Lipinski definition) is 0. The van der Waals surface area contributed by atoms with E-state index < -0.39 is 41.3 Å². The predicted molar refractivity (Wildman–Crippen MR) is 90.2 cm³/mol. The van der Waals surface area contributed by atoms with Gasteiger partial charge in [-0.2, -0.15) is 0 Å². The Morgan fingerprint density at radius 2 is 1.76 bits per heavy atom. The molecule has 0 amide bonds. The van der Waals surface area contributed by atoms with Crippen LogP contribution in [-0.2, 0) is 23.8 Å². The van der Waals surface area contributed by atoms with Gasteiger partial charge in [0.2, 0.25) is 0 Å². The van der Waals surface area contributed by atoms with E-state index in [0.29, 0.717) is 0 Å². The van der Waals surface area contributed by atoms with Gasteiger partial charge in [-0.1, -0.05) is 0 Å². The number of carbonyl (C=O) groups is 2. The minimum absolute atomic E-state index is 0.187. The summed E-state index contributed by atoms with van der Waals surface area (Å²) in [6, 6.07) is 8.87. The molecule has 0 aromatic heterocycles. The Bertz CT molecular complexity index is 665. The fourth-order valence-electron chi connectivity index (χ4n) is 2.58. The molecule has 2 rings (SSSR count). The van der Waals surface area contributed by atoms with E-state index in [1.165, 1.54) is 13.8 Å². The summed E-state index contributed by atoms with van der Waals surface area (Å²) in [7, 11) is 0. The predicted octanol–water partition coefficient (Wildman–Crippen LogP) is 1.30. The van der Waals surface area contributed by atoms with Crippen molar-refractivity contribution in [3.8, 4) is 0 Å². The van der Waals surface area contributed by atoms with Gasteiger partial charge >= 0.3 is 151 Å². The Labute approximate surface area is 151 Å². The van der Waals surface area contributed by atoms with Gasteiger partial charge in [0.15, 0.2) is 0 Å². The van der Waals surface area contributed by atoms with Gasteiger partial charge in [-0.3, -0.25) is 0 Å². The Balaban J connectivity index is 2.32. The van der Waals surface area contributed by atoms with Crippen LogP contribution in [0.15, 0.2) is 35.4 Å². The van der Waals surface area contributed by atoms with Crippen molar-refractivity contribution in [1.29, 1.82) is 0 Å². The quantitative estimate of drug-likeness (QED) is 0.238. The molecule has 5 atom stereocenters. The second kappa shape index (κ2) is 8.87. The second-order valence-corrected chi connectivity index (χ2v) is 7.94. The van der Waals surface area contributed by atoms with E-state index in [1.807, 2.05) is 30.3 Å².